The Kier molecular flexibility index (Phi) is 1.34. The molecule has 1 heterocycles. The maximum Gasteiger partial charge on any atom is 0.117 e. The van der Waals surface area contributed by atoms with Crippen molar-refractivity contribution in [1.82, 2.24) is 5.32 Å². The van der Waals surface area contributed by atoms with Gasteiger partial charge in [0.05, 0.1) is 0 Å². The minimum atomic E-state index is 0.590. The smallest absolute Gasteiger partial charge is 0.117 e. The third kappa shape index (κ3) is 0.881. The Labute approximate surface area is 48.1 Å². The van der Waals surface area contributed by atoms with E-state index in [1.807, 2.05) is 12.1 Å². The van der Waals surface area contributed by atoms with Crippen LogP contribution in [0.2, 0.25) is 0 Å². The van der Waals surface area contributed by atoms with Crippen LogP contribution in [0, 0.1) is 17.4 Å². The van der Waals surface area contributed by atoms with Crippen molar-refractivity contribution in [1.29, 1.82) is 5.26 Å². The molecule has 2 heteroatoms. The molecule has 0 bridgehead atoms. The highest BCUT2D eigenvalue weighted by atomic mass is 14.9. The zero-order chi connectivity index (χ0) is 5.82. The van der Waals surface area contributed by atoms with Gasteiger partial charge in [0.1, 0.15) is 11.8 Å². The fraction of sp³-hybridized carbons (Fsp3) is 0.167. The molecule has 39 valence electrons. The van der Waals surface area contributed by atoms with Crippen molar-refractivity contribution >= 4 is 0 Å². The zero-order valence-corrected chi connectivity index (χ0v) is 4.31. The van der Waals surface area contributed by atoms with Crippen LogP contribution in [0.25, 0.3) is 0 Å². The molecule has 0 saturated carbocycles. The van der Waals surface area contributed by atoms with Gasteiger partial charge in [-0.25, -0.2) is 0 Å². The van der Waals surface area contributed by atoms with Gasteiger partial charge in [0.15, 0.2) is 0 Å². The van der Waals surface area contributed by atoms with Crippen LogP contribution in [0.1, 0.15) is 0 Å². The van der Waals surface area contributed by atoms with Gasteiger partial charge in [-0.2, -0.15) is 5.26 Å². The molecular formula is C6H5N2. The lowest BCUT2D eigenvalue weighted by molar-refractivity contribution is 0.921. The summed E-state index contributed by atoms with van der Waals surface area (Å²) in [4.78, 5) is 0. The second-order valence-electron chi connectivity index (χ2n) is 1.42. The number of hydrogen-bond donors (Lipinski definition) is 1. The Morgan fingerprint density at radius 1 is 1.88 bits per heavy atom. The summed E-state index contributed by atoms with van der Waals surface area (Å²) < 4.78 is 0. The Bertz CT molecular complexity index is 171. The van der Waals surface area contributed by atoms with Crippen LogP contribution in [0.5, 0.6) is 0 Å². The van der Waals surface area contributed by atoms with Crippen molar-refractivity contribution in [2.75, 3.05) is 6.54 Å². The molecule has 0 atom stereocenters. The first-order valence-electron chi connectivity index (χ1n) is 2.35. The molecule has 1 rings (SSSR count). The van der Waals surface area contributed by atoms with Gasteiger partial charge in [0.25, 0.3) is 0 Å². The van der Waals surface area contributed by atoms with Crippen molar-refractivity contribution in [2.24, 2.45) is 0 Å². The summed E-state index contributed by atoms with van der Waals surface area (Å²) in [6, 6.07) is 1.97. The summed E-state index contributed by atoms with van der Waals surface area (Å²) in [5.74, 6) is 0. The van der Waals surface area contributed by atoms with Gasteiger partial charge in [-0.1, -0.05) is 6.08 Å². The van der Waals surface area contributed by atoms with Crippen molar-refractivity contribution in [3.8, 4) is 6.07 Å². The molecule has 1 N–H and O–H groups in total. The van der Waals surface area contributed by atoms with E-state index in [1.165, 1.54) is 0 Å². The van der Waals surface area contributed by atoms with E-state index >= 15 is 0 Å². The van der Waals surface area contributed by atoms with E-state index in [1.54, 1.807) is 6.08 Å². The van der Waals surface area contributed by atoms with E-state index in [9.17, 15) is 0 Å². The van der Waals surface area contributed by atoms with Gasteiger partial charge in [0, 0.05) is 6.54 Å². The average molecular weight is 105 g/mol. The lowest BCUT2D eigenvalue weighted by Crippen LogP contribution is -2.13. The molecule has 0 aromatic rings. The predicted molar refractivity (Wildman–Crippen MR) is 29.5 cm³/mol. The number of dihydropyridines is 1. The van der Waals surface area contributed by atoms with Crippen LogP contribution in [0.15, 0.2) is 17.8 Å². The maximum atomic E-state index is 8.26. The standard InChI is InChI=1S/C6H5N2/c7-5-6-3-1-2-4-8-6/h2-3,8H,4H2. The summed E-state index contributed by atoms with van der Waals surface area (Å²) >= 11 is 0. The van der Waals surface area contributed by atoms with Gasteiger partial charge in [-0.3, -0.25) is 0 Å². The largest absolute Gasteiger partial charge is 0.373 e. The fourth-order valence-corrected chi connectivity index (χ4v) is 0.485. The molecule has 0 unspecified atom stereocenters. The quantitative estimate of drug-likeness (QED) is 0.482. The van der Waals surface area contributed by atoms with Gasteiger partial charge in [0.2, 0.25) is 0 Å². The summed E-state index contributed by atoms with van der Waals surface area (Å²) in [5, 5.41) is 11.1. The fourth-order valence-electron chi connectivity index (χ4n) is 0.485. The third-order valence-corrected chi connectivity index (χ3v) is 0.861. The molecule has 0 fully saturated rings. The average Bonchev–Trinajstić information content (AvgIpc) is 1.90. The molecule has 0 aromatic carbocycles. The minimum absolute atomic E-state index is 0.590. The molecule has 0 aliphatic carbocycles. The Hall–Kier alpha value is -1.23. The topological polar surface area (TPSA) is 35.8 Å². The normalized spacial score (nSPS) is 16.1. The highest BCUT2D eigenvalue weighted by molar-refractivity contribution is 5.24. The van der Waals surface area contributed by atoms with E-state index in [4.69, 9.17) is 5.26 Å². The van der Waals surface area contributed by atoms with Crippen LogP contribution in [0.4, 0.5) is 0 Å². The first kappa shape index (κ1) is 4.92. The monoisotopic (exact) mass is 105 g/mol. The first-order chi connectivity index (χ1) is 3.93. The Morgan fingerprint density at radius 3 is 3.12 bits per heavy atom. The molecular weight excluding hydrogens is 100 g/mol. The van der Waals surface area contributed by atoms with Crippen LogP contribution >= 0.6 is 0 Å². The lowest BCUT2D eigenvalue weighted by atomic mass is 10.3. The minimum Gasteiger partial charge on any atom is -0.373 e. The van der Waals surface area contributed by atoms with E-state index in [0.29, 0.717) is 5.70 Å². The van der Waals surface area contributed by atoms with Gasteiger partial charge < -0.3 is 5.32 Å². The summed E-state index contributed by atoms with van der Waals surface area (Å²) in [7, 11) is 0. The van der Waals surface area contributed by atoms with Gasteiger partial charge >= 0.3 is 0 Å². The molecule has 0 amide bonds. The van der Waals surface area contributed by atoms with E-state index in [-0.39, 0.29) is 0 Å². The number of rotatable bonds is 0. The van der Waals surface area contributed by atoms with Crippen LogP contribution in [-0.2, 0) is 0 Å². The maximum absolute atomic E-state index is 8.26. The van der Waals surface area contributed by atoms with Crippen molar-refractivity contribution < 1.29 is 0 Å². The molecule has 2 nitrogen and oxygen atoms in total. The second-order valence-corrected chi connectivity index (χ2v) is 1.42. The summed E-state index contributed by atoms with van der Waals surface area (Å²) in [6.07, 6.45) is 6.28. The molecule has 1 aliphatic rings. The van der Waals surface area contributed by atoms with Crippen LogP contribution in [-0.4, -0.2) is 6.54 Å². The summed E-state index contributed by atoms with van der Waals surface area (Å²) in [5.41, 5.74) is 0.590. The van der Waals surface area contributed by atoms with E-state index < -0.39 is 0 Å². The highest BCUT2D eigenvalue weighted by Crippen LogP contribution is 1.90. The van der Waals surface area contributed by atoms with Crippen molar-refractivity contribution in [3.63, 3.8) is 0 Å². The SMILES string of the molecule is N#CC1=C[C]=CCN1. The molecule has 1 aliphatic heterocycles. The number of nitrogens with one attached hydrogen (secondary N) is 1. The van der Waals surface area contributed by atoms with Crippen molar-refractivity contribution in [3.05, 3.63) is 23.9 Å². The van der Waals surface area contributed by atoms with E-state index in [2.05, 4.69) is 11.4 Å². The van der Waals surface area contributed by atoms with Crippen LogP contribution in [0.3, 0.4) is 0 Å². The number of nitriles is 1. The molecule has 0 aromatic heterocycles. The zero-order valence-electron chi connectivity index (χ0n) is 4.31. The van der Waals surface area contributed by atoms with Crippen molar-refractivity contribution in [2.45, 2.75) is 0 Å². The number of hydrogen-bond acceptors (Lipinski definition) is 2. The highest BCUT2D eigenvalue weighted by Gasteiger charge is 1.91. The molecule has 1 radical (unpaired) electrons. The summed E-state index contributed by atoms with van der Waals surface area (Å²) in [6.45, 7) is 0.722. The second kappa shape index (κ2) is 2.17. The number of nitrogens with zero attached hydrogens (tertiary/aromatic N) is 1. The van der Waals surface area contributed by atoms with E-state index in [0.717, 1.165) is 6.54 Å². The molecule has 0 saturated heterocycles. The Morgan fingerprint density at radius 2 is 2.75 bits per heavy atom. The molecule has 8 heavy (non-hydrogen) atoms. The lowest BCUT2D eigenvalue weighted by Gasteiger charge is -2.01. The first-order valence-corrected chi connectivity index (χ1v) is 2.35. The molecule has 0 spiro atoms. The third-order valence-electron chi connectivity index (χ3n) is 0.861. The van der Waals surface area contributed by atoms with Crippen LogP contribution < -0.4 is 5.32 Å². The Balaban J connectivity index is 2.67. The number of allylic oxidation sites excluding steroid dienone is 3. The van der Waals surface area contributed by atoms with Gasteiger partial charge in [-0.05, 0) is 12.2 Å². The van der Waals surface area contributed by atoms with Gasteiger partial charge in [-0.15, -0.1) is 0 Å². The predicted octanol–water partition coefficient (Wildman–Crippen LogP) is 0.356.